The Kier molecular flexibility index (Phi) is 6.37. The lowest BCUT2D eigenvalue weighted by molar-refractivity contribution is -0.116. The minimum absolute atomic E-state index is 0.116. The zero-order chi connectivity index (χ0) is 21.5. The predicted molar refractivity (Wildman–Crippen MR) is 116 cm³/mol. The molecule has 2 heterocycles. The molecular weight excluding hydrogens is 394 g/mol. The molecule has 0 radical (unpaired) electrons. The lowest BCUT2D eigenvalue weighted by Gasteiger charge is -2.09. The molecule has 0 aliphatic heterocycles. The summed E-state index contributed by atoms with van der Waals surface area (Å²) in [4.78, 5) is 20.5. The number of nitrogens with one attached hydrogen (secondary N) is 1. The molecule has 0 bridgehead atoms. The fourth-order valence-corrected chi connectivity index (χ4v) is 2.99. The fraction of sp³-hybridized carbons (Fsp3) is 0.217. The lowest BCUT2D eigenvalue weighted by Crippen LogP contribution is -2.13. The molecule has 0 aliphatic carbocycles. The van der Waals surface area contributed by atoms with Crippen LogP contribution in [0.1, 0.15) is 17.9 Å². The molecular formula is C23H23N5O3. The second-order valence-corrected chi connectivity index (χ2v) is 7.07. The van der Waals surface area contributed by atoms with Crippen LogP contribution in [0.2, 0.25) is 0 Å². The van der Waals surface area contributed by atoms with Gasteiger partial charge in [-0.2, -0.15) is 5.10 Å². The Morgan fingerprint density at radius 2 is 2.06 bits per heavy atom. The molecule has 0 aliphatic rings. The number of aryl methyl sites for hydroxylation is 2. The Hall–Kier alpha value is -3.94. The standard InChI is InChI=1S/C23H23N5O3/c1-17-5-7-18(8-6-17)21-14-25-23(31-21)10-9-22(29)27-19-3-2-4-20(13-19)30-12-11-28-16-24-15-26-28/h2-8,13-16H,9-12H2,1H3,(H,27,29). The van der Waals surface area contributed by atoms with E-state index in [2.05, 4.69) is 20.4 Å². The van der Waals surface area contributed by atoms with Gasteiger partial charge in [-0.1, -0.05) is 35.9 Å². The highest BCUT2D eigenvalue weighted by Crippen LogP contribution is 2.22. The zero-order valence-electron chi connectivity index (χ0n) is 17.2. The molecule has 0 fully saturated rings. The van der Waals surface area contributed by atoms with Crippen LogP contribution >= 0.6 is 0 Å². The van der Waals surface area contributed by atoms with Crippen LogP contribution in [0, 0.1) is 6.92 Å². The molecule has 8 nitrogen and oxygen atoms in total. The second-order valence-electron chi connectivity index (χ2n) is 7.07. The normalized spacial score (nSPS) is 10.7. The zero-order valence-corrected chi connectivity index (χ0v) is 17.2. The first-order valence-corrected chi connectivity index (χ1v) is 10.0. The van der Waals surface area contributed by atoms with Gasteiger partial charge in [0.05, 0.1) is 12.7 Å². The van der Waals surface area contributed by atoms with Crippen LogP contribution in [0.15, 0.2) is 71.8 Å². The number of oxazole rings is 1. The highest BCUT2D eigenvalue weighted by Gasteiger charge is 2.10. The smallest absolute Gasteiger partial charge is 0.224 e. The van der Waals surface area contributed by atoms with Gasteiger partial charge < -0.3 is 14.5 Å². The van der Waals surface area contributed by atoms with Crippen molar-refractivity contribution in [3.8, 4) is 17.1 Å². The number of aromatic nitrogens is 4. The summed E-state index contributed by atoms with van der Waals surface area (Å²) in [5.74, 6) is 1.80. The fourth-order valence-electron chi connectivity index (χ4n) is 2.99. The highest BCUT2D eigenvalue weighted by molar-refractivity contribution is 5.90. The molecule has 4 aromatic rings. The molecule has 0 saturated carbocycles. The van der Waals surface area contributed by atoms with Crippen molar-refractivity contribution in [1.82, 2.24) is 19.7 Å². The summed E-state index contributed by atoms with van der Waals surface area (Å²) in [7, 11) is 0. The van der Waals surface area contributed by atoms with Gasteiger partial charge in [-0.3, -0.25) is 4.79 Å². The van der Waals surface area contributed by atoms with Gasteiger partial charge in [0.2, 0.25) is 5.91 Å². The maximum atomic E-state index is 12.3. The minimum atomic E-state index is -0.116. The predicted octanol–water partition coefficient (Wildman–Crippen LogP) is 3.89. The van der Waals surface area contributed by atoms with Crippen molar-refractivity contribution in [2.45, 2.75) is 26.3 Å². The largest absolute Gasteiger partial charge is 0.492 e. The number of benzene rings is 2. The quantitative estimate of drug-likeness (QED) is 0.444. The van der Waals surface area contributed by atoms with E-state index in [9.17, 15) is 4.79 Å². The first-order valence-electron chi connectivity index (χ1n) is 10.0. The van der Waals surface area contributed by atoms with Gasteiger partial charge in [0.25, 0.3) is 0 Å². The summed E-state index contributed by atoms with van der Waals surface area (Å²) in [6.07, 6.45) is 5.50. The lowest BCUT2D eigenvalue weighted by atomic mass is 10.1. The van der Waals surface area contributed by atoms with Crippen LogP contribution in [0.25, 0.3) is 11.3 Å². The number of hydrogen-bond acceptors (Lipinski definition) is 6. The van der Waals surface area contributed by atoms with Crippen molar-refractivity contribution in [1.29, 1.82) is 0 Å². The van der Waals surface area contributed by atoms with Gasteiger partial charge >= 0.3 is 0 Å². The van der Waals surface area contributed by atoms with Gasteiger partial charge in [-0.15, -0.1) is 0 Å². The maximum Gasteiger partial charge on any atom is 0.224 e. The number of carbonyl (C=O) groups is 1. The molecule has 4 rings (SSSR count). The molecule has 0 saturated heterocycles. The molecule has 2 aromatic carbocycles. The Morgan fingerprint density at radius 3 is 2.87 bits per heavy atom. The van der Waals surface area contributed by atoms with Crippen LogP contribution in [-0.2, 0) is 17.8 Å². The molecule has 1 amide bonds. The van der Waals surface area contributed by atoms with Crippen molar-refractivity contribution >= 4 is 11.6 Å². The second kappa shape index (κ2) is 9.71. The summed E-state index contributed by atoms with van der Waals surface area (Å²) < 4.78 is 13.2. The van der Waals surface area contributed by atoms with Crippen LogP contribution in [-0.4, -0.2) is 32.3 Å². The molecule has 0 atom stereocenters. The highest BCUT2D eigenvalue weighted by atomic mass is 16.5. The van der Waals surface area contributed by atoms with Crippen molar-refractivity contribution < 1.29 is 13.9 Å². The molecule has 1 N–H and O–H groups in total. The van der Waals surface area contributed by atoms with E-state index in [0.29, 0.717) is 42.7 Å². The van der Waals surface area contributed by atoms with E-state index >= 15 is 0 Å². The van der Waals surface area contributed by atoms with E-state index in [-0.39, 0.29) is 12.3 Å². The van der Waals surface area contributed by atoms with Crippen molar-refractivity contribution in [2.75, 3.05) is 11.9 Å². The van der Waals surface area contributed by atoms with Gasteiger partial charge in [0.1, 0.15) is 25.0 Å². The van der Waals surface area contributed by atoms with Crippen molar-refractivity contribution in [2.24, 2.45) is 0 Å². The van der Waals surface area contributed by atoms with E-state index in [1.165, 1.54) is 11.9 Å². The van der Waals surface area contributed by atoms with Crippen molar-refractivity contribution in [3.05, 3.63) is 78.8 Å². The van der Waals surface area contributed by atoms with Gasteiger partial charge in [0.15, 0.2) is 11.7 Å². The van der Waals surface area contributed by atoms with E-state index in [1.54, 1.807) is 23.3 Å². The monoisotopic (exact) mass is 417 g/mol. The third kappa shape index (κ3) is 5.79. The van der Waals surface area contributed by atoms with E-state index in [1.807, 2.05) is 49.4 Å². The Bertz CT molecular complexity index is 1120. The third-order valence-electron chi connectivity index (χ3n) is 4.63. The van der Waals surface area contributed by atoms with Crippen LogP contribution in [0.5, 0.6) is 5.75 Å². The molecule has 8 heteroatoms. The third-order valence-corrected chi connectivity index (χ3v) is 4.63. The Labute approximate surface area is 179 Å². The number of nitrogens with zero attached hydrogens (tertiary/aromatic N) is 4. The number of anilines is 1. The number of rotatable bonds is 9. The van der Waals surface area contributed by atoms with E-state index < -0.39 is 0 Å². The summed E-state index contributed by atoms with van der Waals surface area (Å²) in [6.45, 7) is 3.08. The summed E-state index contributed by atoms with van der Waals surface area (Å²) in [5, 5.41) is 6.91. The number of ether oxygens (including phenoxy) is 1. The Balaban J connectivity index is 1.25. The van der Waals surface area contributed by atoms with Gasteiger partial charge in [-0.25, -0.2) is 14.6 Å². The topological polar surface area (TPSA) is 95.1 Å². The van der Waals surface area contributed by atoms with Crippen LogP contribution in [0.3, 0.4) is 0 Å². The van der Waals surface area contributed by atoms with E-state index in [0.717, 1.165) is 5.56 Å². The summed E-state index contributed by atoms with van der Waals surface area (Å²) >= 11 is 0. The van der Waals surface area contributed by atoms with Crippen LogP contribution < -0.4 is 10.1 Å². The molecule has 158 valence electrons. The van der Waals surface area contributed by atoms with E-state index in [4.69, 9.17) is 9.15 Å². The Morgan fingerprint density at radius 1 is 1.19 bits per heavy atom. The number of amides is 1. The molecule has 2 aromatic heterocycles. The SMILES string of the molecule is Cc1ccc(-c2cnc(CCC(=O)Nc3cccc(OCCn4cncn4)c3)o2)cc1. The summed E-state index contributed by atoms with van der Waals surface area (Å²) in [6, 6.07) is 15.3. The maximum absolute atomic E-state index is 12.3. The number of carbonyl (C=O) groups excluding carboxylic acids is 1. The van der Waals surface area contributed by atoms with Crippen molar-refractivity contribution in [3.63, 3.8) is 0 Å². The van der Waals surface area contributed by atoms with Crippen LogP contribution in [0.4, 0.5) is 5.69 Å². The van der Waals surface area contributed by atoms with Gasteiger partial charge in [-0.05, 0) is 19.1 Å². The average Bonchev–Trinajstić information content (AvgIpc) is 3.45. The first-order chi connectivity index (χ1) is 15.2. The van der Waals surface area contributed by atoms with Gasteiger partial charge in [0, 0.05) is 30.2 Å². The summed E-state index contributed by atoms with van der Waals surface area (Å²) in [5.41, 5.74) is 2.83. The number of hydrogen-bond donors (Lipinski definition) is 1. The minimum Gasteiger partial charge on any atom is -0.492 e. The first kappa shape index (κ1) is 20.3. The molecule has 31 heavy (non-hydrogen) atoms. The molecule has 0 unspecified atom stereocenters. The molecule has 0 spiro atoms. The average molecular weight is 417 g/mol.